The van der Waals surface area contributed by atoms with Crippen LogP contribution in [0.2, 0.25) is 40.2 Å². The third-order valence-electron chi connectivity index (χ3n) is 21.6. The summed E-state index contributed by atoms with van der Waals surface area (Å²) in [7, 11) is 12.5. The quantitative estimate of drug-likeness (QED) is 0.0247. The minimum absolute atomic E-state index is 0.0301. The van der Waals surface area contributed by atoms with E-state index < -0.39 is 0 Å². The van der Waals surface area contributed by atoms with Crippen molar-refractivity contribution in [2.24, 2.45) is 0 Å². The van der Waals surface area contributed by atoms with Crippen molar-refractivity contribution in [3.8, 4) is 57.3 Å². The Morgan fingerprint density at radius 1 is 0.412 bits per heavy atom. The average Bonchev–Trinajstić information content (AvgIpc) is 1.70. The molecule has 0 saturated heterocycles. The van der Waals surface area contributed by atoms with Crippen LogP contribution in [0.4, 0.5) is 28.7 Å². The van der Waals surface area contributed by atoms with E-state index in [-0.39, 0.29) is 47.2 Å². The van der Waals surface area contributed by atoms with Crippen LogP contribution in [0.1, 0.15) is 134 Å². The number of halogens is 8. The van der Waals surface area contributed by atoms with E-state index in [4.69, 9.17) is 131 Å². The van der Waals surface area contributed by atoms with Gasteiger partial charge in [0.25, 0.3) is 0 Å². The summed E-state index contributed by atoms with van der Waals surface area (Å²) >= 11 is 52.8. The number of carbonyl (C=O) groups is 4. The van der Waals surface area contributed by atoms with Crippen molar-refractivity contribution in [2.75, 3.05) is 78.1 Å². The molecule has 4 aliphatic rings. The van der Waals surface area contributed by atoms with Crippen molar-refractivity contribution in [3.63, 3.8) is 0 Å². The summed E-state index contributed by atoms with van der Waals surface area (Å²) < 4.78 is 43.2. The third kappa shape index (κ3) is 19.6. The number of hydrogen-bond donors (Lipinski definition) is 8. The minimum atomic E-state index is -0.287. The number of nitrogens with one attached hydrogen (secondary N) is 8. The highest BCUT2D eigenvalue weighted by Crippen LogP contribution is 2.53. The number of anilines is 5. The highest BCUT2D eigenvalue weighted by Gasteiger charge is 2.36. The van der Waals surface area contributed by atoms with Gasteiger partial charge in [-0.1, -0.05) is 149 Å². The lowest BCUT2D eigenvalue weighted by atomic mass is 9.81. The molecule has 0 aliphatic heterocycles. The Balaban J connectivity index is 0.000000156. The lowest BCUT2D eigenvalue weighted by Gasteiger charge is -2.26. The summed E-state index contributed by atoms with van der Waals surface area (Å²) in [5.74, 6) is 5.12. The van der Waals surface area contributed by atoms with Crippen molar-refractivity contribution in [1.29, 1.82) is 0 Å². The number of ether oxygens (including phenoxy) is 8. The minimum Gasteiger partial charge on any atom is -0.495 e. The van der Waals surface area contributed by atoms with Crippen LogP contribution in [0.5, 0.6) is 46.0 Å². The molecule has 24 nitrogen and oxygen atoms in total. The van der Waals surface area contributed by atoms with Gasteiger partial charge in [0.1, 0.15) is 46.0 Å². The molecule has 0 bridgehead atoms. The van der Waals surface area contributed by atoms with Gasteiger partial charge in [-0.15, -0.1) is 0 Å². The number of amides is 3. The number of methoxy groups -OCH3 is 8. The van der Waals surface area contributed by atoms with E-state index in [1.165, 1.54) is 29.9 Å². The Hall–Kier alpha value is -10.3. The molecule has 6 aromatic carbocycles. The van der Waals surface area contributed by atoms with Gasteiger partial charge >= 0.3 is 0 Å². The first-order valence-electron chi connectivity index (χ1n) is 37.9. The number of fused-ring (bicyclic) bond motifs is 4. The van der Waals surface area contributed by atoms with Gasteiger partial charge in [-0.2, -0.15) is 20.4 Å². The first kappa shape index (κ1) is 89.5. The van der Waals surface area contributed by atoms with Gasteiger partial charge in [-0.25, -0.2) is 0 Å². The van der Waals surface area contributed by atoms with E-state index in [9.17, 15) is 19.2 Å². The van der Waals surface area contributed by atoms with Crippen LogP contribution < -0.4 is 59.2 Å². The zero-order valence-corrected chi connectivity index (χ0v) is 73.0. The van der Waals surface area contributed by atoms with Gasteiger partial charge in [0.2, 0.25) is 17.7 Å². The maximum Gasteiger partial charge on any atom is 0.248 e. The van der Waals surface area contributed by atoms with Crippen LogP contribution in [0.3, 0.4) is 0 Å². The monoisotopic (exact) mass is 1770 g/mol. The number of nitrogens with zero attached hydrogens (tertiary/aromatic N) is 4. The van der Waals surface area contributed by atoms with Crippen LogP contribution >= 0.6 is 92.8 Å². The fourth-order valence-electron chi connectivity index (χ4n) is 15.5. The van der Waals surface area contributed by atoms with Crippen molar-refractivity contribution < 1.29 is 57.1 Å². The number of rotatable bonds is 25. The molecule has 3 amide bonds. The highest BCUT2D eigenvalue weighted by molar-refractivity contribution is 6.40. The Bertz CT molecular complexity index is 5390. The molecule has 4 atom stereocenters. The SMILES string of the molecule is C=CC(=O)CCc1n[nH]c2c1CCC(c1c(Cl)c(OC)cc(OC)c1Cl)C2.C=CC(=O)Nc1cccc(C)c1Nc1n[nH]c2c1CCC(c1c(Cl)c(OC)cc(OC)c1Cl)C2.C=CC(=O)Nc1ccccc1-c1n[nH]c2c1CCC(c1c(Cl)c(OC)cc(OC)c1Cl)C2.C=CC(=O)Nc1n[nH]c2c1CCC(c1c(Cl)c(OC)cc(OC)c1Cl)C2. The van der Waals surface area contributed by atoms with Crippen LogP contribution in [0, 0.1) is 6.92 Å². The molecule has 0 radical (unpaired) electrons. The second-order valence-corrected chi connectivity index (χ2v) is 31.2. The molecular weight excluding hydrogens is 1690 g/mol. The molecule has 4 unspecified atom stereocenters. The second kappa shape index (κ2) is 40.7. The zero-order chi connectivity index (χ0) is 85.6. The lowest BCUT2D eigenvalue weighted by Crippen LogP contribution is -2.15. The number of para-hydroxylation sites is 2. The lowest BCUT2D eigenvalue weighted by molar-refractivity contribution is -0.115. The second-order valence-electron chi connectivity index (χ2n) is 28.2. The topological polar surface area (TPSA) is 305 Å². The van der Waals surface area contributed by atoms with Crippen LogP contribution in [-0.4, -0.2) is 121 Å². The van der Waals surface area contributed by atoms with Crippen molar-refractivity contribution in [2.45, 2.75) is 120 Å². The molecule has 626 valence electrons. The van der Waals surface area contributed by atoms with Gasteiger partial charge in [-0.3, -0.25) is 39.6 Å². The summed E-state index contributed by atoms with van der Waals surface area (Å²) in [5.41, 5.74) is 17.6. The number of aromatic amines is 4. The van der Waals surface area contributed by atoms with Gasteiger partial charge in [0, 0.05) is 98.0 Å². The molecule has 4 aliphatic carbocycles. The van der Waals surface area contributed by atoms with E-state index in [1.807, 2.05) is 49.4 Å². The molecule has 0 spiro atoms. The zero-order valence-electron chi connectivity index (χ0n) is 66.9. The normalized spacial score (nSPS) is 15.4. The third-order valence-corrected chi connectivity index (χ3v) is 24.7. The number of aryl methyl sites for hydroxylation is 2. The predicted octanol–water partition coefficient (Wildman–Crippen LogP) is 20.8. The number of benzene rings is 6. The number of aromatic nitrogens is 8. The first-order valence-corrected chi connectivity index (χ1v) is 40.9. The number of H-pyrrole nitrogens is 4. The molecule has 119 heavy (non-hydrogen) atoms. The summed E-state index contributed by atoms with van der Waals surface area (Å²) in [4.78, 5) is 46.8. The first-order chi connectivity index (χ1) is 57.3. The van der Waals surface area contributed by atoms with E-state index in [0.717, 1.165) is 154 Å². The molecule has 10 aromatic rings. The van der Waals surface area contributed by atoms with Crippen molar-refractivity contribution >= 4 is 145 Å². The Morgan fingerprint density at radius 2 is 0.748 bits per heavy atom. The summed E-state index contributed by atoms with van der Waals surface area (Å²) in [5, 5.41) is 46.1. The van der Waals surface area contributed by atoms with Crippen molar-refractivity contribution in [1.82, 2.24) is 40.8 Å². The Morgan fingerprint density at radius 3 is 1.16 bits per heavy atom. The van der Waals surface area contributed by atoms with Gasteiger partial charge in [0.15, 0.2) is 17.4 Å². The fraction of sp³-hybridized carbons (Fsp3) is 0.310. The smallest absolute Gasteiger partial charge is 0.248 e. The molecule has 32 heteroatoms. The van der Waals surface area contributed by atoms with Crippen LogP contribution in [-0.2, 0) is 77.0 Å². The van der Waals surface area contributed by atoms with Crippen LogP contribution in [0.15, 0.2) is 117 Å². The average molecular weight is 1780 g/mol. The summed E-state index contributed by atoms with van der Waals surface area (Å²) in [6.07, 6.45) is 15.4. The predicted molar refractivity (Wildman–Crippen MR) is 472 cm³/mol. The molecule has 4 heterocycles. The largest absolute Gasteiger partial charge is 0.495 e. The Kier molecular flexibility index (Phi) is 30.6. The maximum atomic E-state index is 11.9. The molecule has 0 fully saturated rings. The number of allylic oxidation sites excluding steroid dienone is 1. The van der Waals surface area contributed by atoms with Gasteiger partial charge in [0.05, 0.1) is 126 Å². The molecule has 8 N–H and O–H groups in total. The van der Waals surface area contributed by atoms with E-state index >= 15 is 0 Å². The summed E-state index contributed by atoms with van der Waals surface area (Å²) in [6, 6.07) is 20.1. The van der Waals surface area contributed by atoms with Gasteiger partial charge in [-0.05, 0) is 162 Å². The van der Waals surface area contributed by atoms with E-state index in [2.05, 4.69) is 88.4 Å². The van der Waals surface area contributed by atoms with Gasteiger partial charge < -0.3 is 59.2 Å². The molecular formula is C87H90Cl8N12O12. The number of carbonyl (C=O) groups excluding carboxylic acids is 4. The standard InChI is InChI=1S/C25H26Cl2N4O3.C24H23Cl2N3O3.C20H22Cl2N2O3.C18H19Cl2N3O3/c1-5-20(32)28-16-8-6-7-13(2)24(16)29-25-15-10-9-14(11-17(15)30-31-25)21-22(26)18(33-3)12-19(34-4)23(21)27;1-4-20(30)27-16-8-6-5-7-14(16)24-15-10-9-13(11-17(15)28-29-24)21-22(25)18(31-2)12-19(32-3)23(21)26;1-4-12(25)6-8-14-13-7-5-11(9-15(13)24-23-14)18-19(21)16(26-2)10-17(27-3)20(18)22;1-4-14(24)21-18-10-6-5-9(7-11(10)22-23-18)15-16(19)12(25-2)8-13(26-3)17(15)20/h5-8,12,14H,1,9-11H2,2-4H3,(H,28,32)(H2,29,30,31);4-8,12-13H,1,9-11H2,2-3H3,(H,27,30)(H,28,29);4,10-11H,1,5-9H2,2-3H3,(H,23,24);4,8-9H,1,5-7H2,2-3H3,(H2,21,22,23,24). The highest BCUT2D eigenvalue weighted by atomic mass is 35.5. The van der Waals surface area contributed by atoms with Crippen molar-refractivity contribution in [3.05, 3.63) is 236 Å². The molecule has 4 aromatic heterocycles. The Labute approximate surface area is 729 Å². The molecule has 0 saturated carbocycles. The van der Waals surface area contributed by atoms with E-state index in [1.54, 1.807) is 81.1 Å². The maximum absolute atomic E-state index is 11.9. The van der Waals surface area contributed by atoms with E-state index in [0.29, 0.717) is 135 Å². The van der Waals surface area contributed by atoms with Crippen LogP contribution in [0.25, 0.3) is 11.3 Å². The fourth-order valence-corrected chi connectivity index (χ4v) is 18.7. The molecule has 14 rings (SSSR count). The summed E-state index contributed by atoms with van der Waals surface area (Å²) in [6.45, 7) is 16.0. The number of ketones is 1. The number of hydrogen-bond acceptors (Lipinski definition) is 17.